The van der Waals surface area contributed by atoms with Crippen LogP contribution in [0.25, 0.3) is 6.08 Å². The van der Waals surface area contributed by atoms with Crippen molar-refractivity contribution in [1.82, 2.24) is 4.90 Å². The van der Waals surface area contributed by atoms with Gasteiger partial charge in [-0.05, 0) is 71.3 Å². The normalized spacial score (nSPS) is 23.9. The Morgan fingerprint density at radius 1 is 0.884 bits per heavy atom. The molecule has 4 unspecified atom stereocenters. The molecule has 8 rings (SSSR count). The summed E-state index contributed by atoms with van der Waals surface area (Å²) in [7, 11) is 1.56. The van der Waals surface area contributed by atoms with Crippen molar-refractivity contribution in [2.75, 3.05) is 19.2 Å². The Morgan fingerprint density at radius 3 is 2.47 bits per heavy atom. The third-order valence-corrected chi connectivity index (χ3v) is 9.15. The van der Waals surface area contributed by atoms with Crippen molar-refractivity contribution in [2.24, 2.45) is 5.92 Å². The zero-order chi connectivity index (χ0) is 29.3. The molecule has 1 amide bonds. The van der Waals surface area contributed by atoms with E-state index in [1.807, 2.05) is 65.7 Å². The minimum Gasteiger partial charge on any atom is -0.497 e. The Labute approximate surface area is 247 Å². The van der Waals surface area contributed by atoms with E-state index < -0.39 is 23.4 Å². The molecule has 1 spiro atoms. The molecule has 4 atom stereocenters. The molecule has 4 aromatic rings. The number of hydrogen-bond acceptors (Lipinski definition) is 7. The van der Waals surface area contributed by atoms with Gasteiger partial charge in [-0.15, -0.1) is 0 Å². The molecule has 1 N–H and O–H groups in total. The SMILES string of the molecule is COc1ccc(C(=O)C2C(C(=O)c3ccc4c(c3)OCO4)N3C=Cc4ccccc4C3C23C(=O)Nc2ccccc23)cc1. The minimum absolute atomic E-state index is 0.0722. The first kappa shape index (κ1) is 25.3. The van der Waals surface area contributed by atoms with Crippen LogP contribution in [0.3, 0.4) is 0 Å². The number of carbonyl (C=O) groups is 3. The lowest BCUT2D eigenvalue weighted by Gasteiger charge is -2.38. The second kappa shape index (κ2) is 9.32. The van der Waals surface area contributed by atoms with E-state index in [-0.39, 0.29) is 24.3 Å². The van der Waals surface area contributed by atoms with Crippen molar-refractivity contribution >= 4 is 29.2 Å². The number of ether oxygens (including phenoxy) is 3. The minimum atomic E-state index is -1.40. The Kier molecular flexibility index (Phi) is 5.50. The van der Waals surface area contributed by atoms with Crippen LogP contribution < -0.4 is 19.5 Å². The largest absolute Gasteiger partial charge is 0.497 e. The fraction of sp³-hybridized carbons (Fsp3) is 0.171. The first-order valence-corrected chi connectivity index (χ1v) is 14.1. The van der Waals surface area contributed by atoms with Gasteiger partial charge < -0.3 is 24.4 Å². The molecule has 0 aliphatic carbocycles. The van der Waals surface area contributed by atoms with Crippen molar-refractivity contribution in [3.63, 3.8) is 0 Å². The number of methoxy groups -OCH3 is 1. The Balaban J connectivity index is 1.39. The lowest BCUT2D eigenvalue weighted by atomic mass is 9.62. The quantitative estimate of drug-likeness (QED) is 0.321. The van der Waals surface area contributed by atoms with E-state index in [1.54, 1.807) is 49.6 Å². The second-order valence-electron chi connectivity index (χ2n) is 11.1. The van der Waals surface area contributed by atoms with Crippen LogP contribution in [-0.2, 0) is 10.2 Å². The van der Waals surface area contributed by atoms with Crippen LogP contribution in [0.15, 0.2) is 97.2 Å². The van der Waals surface area contributed by atoms with Crippen molar-refractivity contribution < 1.29 is 28.6 Å². The molecular formula is C35H26N2O6. The monoisotopic (exact) mass is 570 g/mol. The van der Waals surface area contributed by atoms with E-state index in [9.17, 15) is 14.4 Å². The lowest BCUT2D eigenvalue weighted by molar-refractivity contribution is -0.122. The van der Waals surface area contributed by atoms with Gasteiger partial charge in [-0.1, -0.05) is 42.5 Å². The number of amides is 1. The maximum absolute atomic E-state index is 14.9. The fourth-order valence-electron chi connectivity index (χ4n) is 7.32. The highest BCUT2D eigenvalue weighted by atomic mass is 16.7. The average Bonchev–Trinajstić information content (AvgIpc) is 3.73. The van der Waals surface area contributed by atoms with Gasteiger partial charge in [-0.3, -0.25) is 14.4 Å². The molecule has 212 valence electrons. The van der Waals surface area contributed by atoms with E-state index in [4.69, 9.17) is 14.2 Å². The van der Waals surface area contributed by atoms with Crippen molar-refractivity contribution in [1.29, 1.82) is 0 Å². The molecule has 4 heterocycles. The number of hydrogen-bond donors (Lipinski definition) is 1. The zero-order valence-corrected chi connectivity index (χ0v) is 23.2. The van der Waals surface area contributed by atoms with E-state index in [0.717, 1.165) is 11.1 Å². The Morgan fingerprint density at radius 2 is 1.63 bits per heavy atom. The Bertz CT molecular complexity index is 1860. The number of nitrogens with zero attached hydrogens (tertiary/aromatic N) is 1. The van der Waals surface area contributed by atoms with Crippen molar-refractivity contribution in [3.05, 3.63) is 125 Å². The molecule has 1 saturated heterocycles. The highest BCUT2D eigenvalue weighted by Crippen LogP contribution is 2.62. The van der Waals surface area contributed by atoms with E-state index in [2.05, 4.69) is 5.32 Å². The summed E-state index contributed by atoms with van der Waals surface area (Å²) in [6.45, 7) is 0.0722. The summed E-state index contributed by atoms with van der Waals surface area (Å²) in [5.41, 5.74) is 2.53. The number of benzene rings is 4. The molecule has 0 radical (unpaired) electrons. The summed E-state index contributed by atoms with van der Waals surface area (Å²) in [5, 5.41) is 3.07. The van der Waals surface area contributed by atoms with Gasteiger partial charge in [0.2, 0.25) is 12.7 Å². The van der Waals surface area contributed by atoms with Gasteiger partial charge in [-0.25, -0.2) is 0 Å². The third-order valence-electron chi connectivity index (χ3n) is 9.15. The molecule has 0 bridgehead atoms. The van der Waals surface area contributed by atoms with Gasteiger partial charge in [0.1, 0.15) is 17.2 Å². The van der Waals surface area contributed by atoms with Gasteiger partial charge in [0, 0.05) is 23.0 Å². The molecule has 0 aromatic heterocycles. The number of fused-ring (bicyclic) bond motifs is 7. The smallest absolute Gasteiger partial charge is 0.238 e. The number of para-hydroxylation sites is 1. The van der Waals surface area contributed by atoms with Crippen LogP contribution in [0.5, 0.6) is 17.2 Å². The number of carbonyl (C=O) groups excluding carboxylic acids is 3. The van der Waals surface area contributed by atoms with Gasteiger partial charge >= 0.3 is 0 Å². The third kappa shape index (κ3) is 3.46. The summed E-state index contributed by atoms with van der Waals surface area (Å²) in [6.07, 6.45) is 3.80. The molecule has 4 aliphatic rings. The van der Waals surface area contributed by atoms with Crippen molar-refractivity contribution in [3.8, 4) is 17.2 Å². The predicted octanol–water partition coefficient (Wildman–Crippen LogP) is 5.41. The molecule has 1 fully saturated rings. The number of nitrogens with one attached hydrogen (secondary N) is 1. The second-order valence-corrected chi connectivity index (χ2v) is 11.1. The van der Waals surface area contributed by atoms with Gasteiger partial charge in [0.25, 0.3) is 0 Å². The van der Waals surface area contributed by atoms with Crippen LogP contribution in [0.2, 0.25) is 0 Å². The first-order chi connectivity index (χ1) is 21.0. The van der Waals surface area contributed by atoms with Crippen LogP contribution in [0.1, 0.15) is 43.4 Å². The molecule has 8 heteroatoms. The zero-order valence-electron chi connectivity index (χ0n) is 23.2. The molecule has 43 heavy (non-hydrogen) atoms. The number of Topliss-reactive ketones (excluding diaryl/α,β-unsaturated/α-hetero) is 2. The number of rotatable bonds is 5. The Hall–Kier alpha value is -5.37. The molecule has 4 aliphatic heterocycles. The van der Waals surface area contributed by atoms with Crippen LogP contribution in [0, 0.1) is 5.92 Å². The fourth-order valence-corrected chi connectivity index (χ4v) is 7.32. The van der Waals surface area contributed by atoms with Crippen LogP contribution >= 0.6 is 0 Å². The number of anilines is 1. The molecule has 8 nitrogen and oxygen atoms in total. The highest BCUT2D eigenvalue weighted by Gasteiger charge is 2.70. The number of ketones is 2. The van der Waals surface area contributed by atoms with Crippen LogP contribution in [0.4, 0.5) is 5.69 Å². The lowest BCUT2D eigenvalue weighted by Crippen LogP contribution is -2.49. The summed E-state index contributed by atoms with van der Waals surface area (Å²) >= 11 is 0. The standard InChI is InChI=1S/C35H26N2O6/c1-41-23-13-10-21(11-14-23)31(38)29-30(32(39)22-12-15-27-28(18-22)43-19-42-27)37-17-16-20-6-2-3-7-24(20)33(37)35(29)25-8-4-5-9-26(25)36-34(35)40/h2-18,29-30,33H,19H2,1H3,(H,36,40). The van der Waals surface area contributed by atoms with Gasteiger partial charge in [0.15, 0.2) is 23.1 Å². The van der Waals surface area contributed by atoms with Crippen molar-refractivity contribution in [2.45, 2.75) is 17.5 Å². The average molecular weight is 571 g/mol. The first-order valence-electron chi connectivity index (χ1n) is 14.1. The topological polar surface area (TPSA) is 94.2 Å². The predicted molar refractivity (Wildman–Crippen MR) is 158 cm³/mol. The van der Waals surface area contributed by atoms with Crippen LogP contribution in [-0.4, -0.2) is 42.3 Å². The summed E-state index contributed by atoms with van der Waals surface area (Å²) < 4.78 is 16.4. The summed E-state index contributed by atoms with van der Waals surface area (Å²) in [5.74, 6) is -0.327. The van der Waals surface area contributed by atoms with Gasteiger partial charge in [-0.2, -0.15) is 0 Å². The van der Waals surface area contributed by atoms with E-state index >= 15 is 0 Å². The maximum atomic E-state index is 14.9. The summed E-state index contributed by atoms with van der Waals surface area (Å²) in [6, 6.07) is 25.6. The maximum Gasteiger partial charge on any atom is 0.238 e. The highest BCUT2D eigenvalue weighted by molar-refractivity contribution is 6.16. The van der Waals surface area contributed by atoms with E-state index in [0.29, 0.717) is 39.6 Å². The van der Waals surface area contributed by atoms with E-state index in [1.165, 1.54) is 0 Å². The molecule has 0 saturated carbocycles. The molecule has 4 aromatic carbocycles. The summed E-state index contributed by atoms with van der Waals surface area (Å²) in [4.78, 5) is 46.1. The van der Waals surface area contributed by atoms with Gasteiger partial charge in [0.05, 0.1) is 19.1 Å². The molecular weight excluding hydrogens is 544 g/mol.